The summed E-state index contributed by atoms with van der Waals surface area (Å²) in [5.41, 5.74) is 1.55. The van der Waals surface area contributed by atoms with Crippen LogP contribution >= 0.6 is 0 Å². The number of aromatic nitrogens is 5. The van der Waals surface area contributed by atoms with E-state index < -0.39 is 23.7 Å². The third kappa shape index (κ3) is 6.92. The average molecular weight is 693 g/mol. The van der Waals surface area contributed by atoms with Crippen molar-refractivity contribution in [3.63, 3.8) is 0 Å². The van der Waals surface area contributed by atoms with E-state index in [-0.39, 0.29) is 36.0 Å². The molecule has 2 aromatic carbocycles. The second-order valence-corrected chi connectivity index (χ2v) is 12.6. The van der Waals surface area contributed by atoms with E-state index in [1.54, 1.807) is 12.1 Å². The molecular formula is C38H35F3N8O2. The van der Waals surface area contributed by atoms with Crippen LogP contribution in [0.15, 0.2) is 67.0 Å². The summed E-state index contributed by atoms with van der Waals surface area (Å²) in [6.45, 7) is 2.92. The van der Waals surface area contributed by atoms with E-state index in [1.165, 1.54) is 49.6 Å². The number of methoxy groups -OCH3 is 1. The van der Waals surface area contributed by atoms with Gasteiger partial charge in [-0.25, -0.2) is 13.2 Å². The highest BCUT2D eigenvalue weighted by Gasteiger charge is 2.34. The first-order chi connectivity index (χ1) is 24.8. The number of carbonyl (C=O) groups is 1. The molecule has 13 heteroatoms. The number of terminal acetylenes is 1. The topological polar surface area (TPSA) is 100 Å². The minimum Gasteiger partial charge on any atom is -0.467 e. The minimum atomic E-state index is -0.932. The molecule has 0 radical (unpaired) electrons. The Balaban J connectivity index is 0.000000389. The number of rotatable bonds is 5. The number of piperazine rings is 1. The zero-order valence-corrected chi connectivity index (χ0v) is 28.0. The second-order valence-electron chi connectivity index (χ2n) is 12.6. The van der Waals surface area contributed by atoms with E-state index in [1.807, 2.05) is 29.2 Å². The van der Waals surface area contributed by atoms with E-state index in [9.17, 15) is 13.6 Å². The number of halogens is 3. The fourth-order valence-corrected chi connectivity index (χ4v) is 7.08. The van der Waals surface area contributed by atoms with Gasteiger partial charge in [-0.3, -0.25) is 24.6 Å². The highest BCUT2D eigenvalue weighted by Crippen LogP contribution is 2.36. The summed E-state index contributed by atoms with van der Waals surface area (Å²) in [7, 11) is 1.40. The van der Waals surface area contributed by atoms with Gasteiger partial charge in [-0.05, 0) is 37.3 Å². The highest BCUT2D eigenvalue weighted by atomic mass is 19.1. The van der Waals surface area contributed by atoms with Crippen molar-refractivity contribution in [2.24, 2.45) is 0 Å². The number of ether oxygens (including phenoxy) is 1. The van der Waals surface area contributed by atoms with Gasteiger partial charge in [0.05, 0.1) is 24.4 Å². The number of carbonyl (C=O) groups excluding carboxylic acids is 1. The van der Waals surface area contributed by atoms with Crippen LogP contribution < -0.4 is 9.64 Å². The summed E-state index contributed by atoms with van der Waals surface area (Å²) in [5.74, 6) is 0.759. The van der Waals surface area contributed by atoms with E-state index >= 15 is 4.39 Å². The van der Waals surface area contributed by atoms with Gasteiger partial charge in [0, 0.05) is 79.9 Å². The van der Waals surface area contributed by atoms with Crippen LogP contribution in [0.1, 0.15) is 30.5 Å². The summed E-state index contributed by atoms with van der Waals surface area (Å²) < 4.78 is 48.8. The fourth-order valence-electron chi connectivity index (χ4n) is 7.08. The van der Waals surface area contributed by atoms with Gasteiger partial charge in [0.2, 0.25) is 0 Å². The van der Waals surface area contributed by atoms with E-state index in [2.05, 4.69) is 35.7 Å². The number of nitrogens with zero attached hydrogens (tertiary/aromatic N) is 8. The first-order valence-corrected chi connectivity index (χ1v) is 16.8. The number of alkyl halides is 1. The first kappa shape index (κ1) is 33.9. The Kier molecular flexibility index (Phi) is 9.76. The summed E-state index contributed by atoms with van der Waals surface area (Å²) in [5, 5.41) is 1.96. The molecule has 6 heterocycles. The Morgan fingerprint density at radius 3 is 2.57 bits per heavy atom. The van der Waals surface area contributed by atoms with Crippen molar-refractivity contribution >= 4 is 39.5 Å². The van der Waals surface area contributed by atoms with Gasteiger partial charge in [0.1, 0.15) is 23.2 Å². The van der Waals surface area contributed by atoms with Crippen molar-refractivity contribution in [2.45, 2.75) is 31.5 Å². The number of amides is 1. The van der Waals surface area contributed by atoms with Gasteiger partial charge in [0.15, 0.2) is 11.6 Å². The maximum Gasteiger partial charge on any atom is 0.318 e. The van der Waals surface area contributed by atoms with E-state index in [0.29, 0.717) is 48.0 Å². The van der Waals surface area contributed by atoms with Crippen molar-refractivity contribution < 1.29 is 22.7 Å². The molecule has 51 heavy (non-hydrogen) atoms. The molecule has 0 saturated carbocycles. The van der Waals surface area contributed by atoms with E-state index in [0.717, 1.165) is 29.8 Å². The molecule has 5 aromatic rings. The SMILES string of the molecule is C#Cc1cccc2cccc(-c3ncc4c(N5CCN(C(=O)/C(F)=C/c6cnccn6)CC5)nc(OC)nc4c3F)c12.FC1CC2CCCN2C1. The quantitative estimate of drug-likeness (QED) is 0.172. The largest absolute Gasteiger partial charge is 0.467 e. The lowest BCUT2D eigenvalue weighted by Crippen LogP contribution is -2.49. The molecular weight excluding hydrogens is 657 g/mol. The fraction of sp³-hybridized carbons (Fsp3) is 0.316. The monoisotopic (exact) mass is 692 g/mol. The lowest BCUT2D eigenvalue weighted by molar-refractivity contribution is -0.128. The Labute approximate surface area is 293 Å². The molecule has 0 aliphatic carbocycles. The molecule has 3 aromatic heterocycles. The number of hydrogen-bond acceptors (Lipinski definition) is 9. The molecule has 0 spiro atoms. The summed E-state index contributed by atoms with van der Waals surface area (Å²) >= 11 is 0. The van der Waals surface area contributed by atoms with Crippen LogP contribution in [0.25, 0.3) is 39.0 Å². The maximum absolute atomic E-state index is 16.2. The minimum absolute atomic E-state index is 0.0211. The molecule has 2 unspecified atom stereocenters. The van der Waals surface area contributed by atoms with Gasteiger partial charge in [0.25, 0.3) is 5.91 Å². The average Bonchev–Trinajstić information content (AvgIpc) is 3.75. The standard InChI is InChI=1S/C31H23F2N7O2.C7H12FN/c1-3-19-6-4-7-20-8-5-9-22(25(19)20)27-26(33)28-23(18-36-27)29(38-31(37-28)42-2)39-12-14-40(15-13-39)30(41)24(32)16-21-17-34-10-11-35-21;8-6-4-7-2-1-3-9(7)5-6/h1,4-11,16-18H,12-15H2,2H3;6-7H,1-5H2/b24-16-;. The first-order valence-electron chi connectivity index (χ1n) is 16.8. The van der Waals surface area contributed by atoms with Crippen molar-refractivity contribution in [3.8, 4) is 29.6 Å². The third-order valence-corrected chi connectivity index (χ3v) is 9.53. The van der Waals surface area contributed by atoms with Crippen LogP contribution in [-0.4, -0.2) is 99.2 Å². The molecule has 260 valence electrons. The molecule has 3 aliphatic heterocycles. The molecule has 10 nitrogen and oxygen atoms in total. The van der Waals surface area contributed by atoms with Crippen molar-refractivity contribution in [1.82, 2.24) is 34.7 Å². The lowest BCUT2D eigenvalue weighted by atomic mass is 9.97. The smallest absolute Gasteiger partial charge is 0.318 e. The zero-order chi connectivity index (χ0) is 35.5. The maximum atomic E-state index is 16.2. The Hall–Kier alpha value is -5.61. The van der Waals surface area contributed by atoms with Gasteiger partial charge in [-0.15, -0.1) is 6.42 Å². The van der Waals surface area contributed by atoms with Crippen molar-refractivity contribution in [3.05, 3.63) is 84.1 Å². The molecule has 3 saturated heterocycles. The van der Waals surface area contributed by atoms with Crippen LogP contribution in [-0.2, 0) is 4.79 Å². The molecule has 0 N–H and O–H groups in total. The molecule has 0 bridgehead atoms. The third-order valence-electron chi connectivity index (χ3n) is 9.53. The van der Waals surface area contributed by atoms with Crippen LogP contribution in [0.4, 0.5) is 19.0 Å². The normalized spacial score (nSPS) is 19.1. The van der Waals surface area contributed by atoms with Gasteiger partial charge < -0.3 is 14.5 Å². The van der Waals surface area contributed by atoms with Gasteiger partial charge in [-0.2, -0.15) is 9.97 Å². The molecule has 8 rings (SSSR count). The molecule has 3 aliphatic rings. The van der Waals surface area contributed by atoms with Gasteiger partial charge in [-0.1, -0.05) is 36.3 Å². The van der Waals surface area contributed by atoms with Gasteiger partial charge >= 0.3 is 6.01 Å². The van der Waals surface area contributed by atoms with E-state index in [4.69, 9.17) is 11.2 Å². The second kappa shape index (κ2) is 14.7. The number of hydrogen-bond donors (Lipinski definition) is 0. The molecule has 1 amide bonds. The number of pyridine rings is 1. The molecule has 2 atom stereocenters. The number of anilines is 1. The lowest BCUT2D eigenvalue weighted by Gasteiger charge is -2.35. The highest BCUT2D eigenvalue weighted by molar-refractivity contribution is 6.02. The summed E-state index contributed by atoms with van der Waals surface area (Å²) in [4.78, 5) is 39.4. The Morgan fingerprint density at radius 2 is 1.84 bits per heavy atom. The molecule has 3 fully saturated rings. The Bertz CT molecular complexity index is 2130. The van der Waals surface area contributed by atoms with Crippen LogP contribution in [0.2, 0.25) is 0 Å². The summed E-state index contributed by atoms with van der Waals surface area (Å²) in [6.07, 6.45) is 15.4. The number of fused-ring (bicyclic) bond motifs is 3. The zero-order valence-electron chi connectivity index (χ0n) is 28.0. The van der Waals surface area contributed by atoms with Crippen molar-refractivity contribution in [2.75, 3.05) is 51.3 Å². The Morgan fingerprint density at radius 1 is 1.04 bits per heavy atom. The summed E-state index contributed by atoms with van der Waals surface area (Å²) in [6, 6.07) is 11.7. The van der Waals surface area contributed by atoms with Crippen LogP contribution in [0, 0.1) is 18.2 Å². The van der Waals surface area contributed by atoms with Crippen molar-refractivity contribution in [1.29, 1.82) is 0 Å². The number of benzene rings is 2. The predicted octanol–water partition coefficient (Wildman–Crippen LogP) is 5.62. The van der Waals surface area contributed by atoms with Crippen LogP contribution in [0.3, 0.4) is 0 Å². The van der Waals surface area contributed by atoms with Crippen LogP contribution in [0.5, 0.6) is 6.01 Å². The predicted molar refractivity (Wildman–Crippen MR) is 189 cm³/mol.